The predicted molar refractivity (Wildman–Crippen MR) is 334 cm³/mol. The number of nitrogens with zero attached hydrogens (tertiary/aromatic N) is 4. The second kappa shape index (κ2) is 21.4. The summed E-state index contributed by atoms with van der Waals surface area (Å²) >= 11 is 0. The number of hydrogen-bond donors (Lipinski definition) is 0. The van der Waals surface area contributed by atoms with Crippen molar-refractivity contribution in [2.75, 3.05) is 9.80 Å². The van der Waals surface area contributed by atoms with Crippen LogP contribution in [0.5, 0.6) is 11.5 Å². The van der Waals surface area contributed by atoms with Gasteiger partial charge in [-0.2, -0.15) is 12.1 Å². The molecule has 6 heteroatoms. The standard InChI is InChI=1S/C75H61N4O.Pt/c1-50-43-72(76-48-67(50)53-21-12-9-13-22-53)79-68-42-35-56(52-31-36-58(37-32-52)74(2,3)4)45-66(68)65-41-40-62(47-71(65)79)80-61-26-17-25-60(46-61)77-49-78(70-30-15-14-29-69(70)77)73-63(54-33-38-59(39-34-54)75(5,6)7)27-18-28-64(73)57-24-16-23-55(44-57)51-19-10-8-11-20-51;/h8-45,48-49H,1-7H3;/q-3;. The Labute approximate surface area is 491 Å². The maximum absolute atomic E-state index is 6.84. The van der Waals surface area contributed by atoms with Gasteiger partial charge in [-0.15, -0.1) is 48.1 Å². The number of fused-ring (bicyclic) bond motifs is 4. The number of benzene rings is 10. The average molecular weight is 1230 g/mol. The summed E-state index contributed by atoms with van der Waals surface area (Å²) < 4.78 is 9.06. The Hall–Kier alpha value is -8.76. The van der Waals surface area contributed by atoms with E-state index in [1.165, 1.54) is 27.8 Å². The maximum Gasteiger partial charge on any atom is 0.135 e. The van der Waals surface area contributed by atoms with Crippen LogP contribution in [0.4, 0.5) is 22.7 Å². The van der Waals surface area contributed by atoms with Crippen LogP contribution >= 0.6 is 0 Å². The quantitative estimate of drug-likeness (QED) is 0.128. The van der Waals surface area contributed by atoms with E-state index in [-0.39, 0.29) is 31.9 Å². The maximum atomic E-state index is 6.84. The fourth-order valence-corrected chi connectivity index (χ4v) is 11.3. The van der Waals surface area contributed by atoms with Crippen molar-refractivity contribution in [1.29, 1.82) is 0 Å². The van der Waals surface area contributed by atoms with E-state index in [0.717, 1.165) is 94.9 Å². The van der Waals surface area contributed by atoms with Crippen LogP contribution in [-0.4, -0.2) is 9.55 Å². The molecule has 0 unspecified atom stereocenters. The van der Waals surface area contributed by atoms with Gasteiger partial charge < -0.3 is 19.1 Å². The second-order valence-electron chi connectivity index (χ2n) is 23.0. The monoisotopic (exact) mass is 1230 g/mol. The summed E-state index contributed by atoms with van der Waals surface area (Å²) in [5, 5.41) is 2.17. The van der Waals surface area contributed by atoms with Crippen molar-refractivity contribution in [2.24, 2.45) is 0 Å². The summed E-state index contributed by atoms with van der Waals surface area (Å²) in [5.74, 6) is 1.96. The molecule has 81 heavy (non-hydrogen) atoms. The van der Waals surface area contributed by atoms with Gasteiger partial charge >= 0.3 is 0 Å². The van der Waals surface area contributed by atoms with Crippen LogP contribution in [0.25, 0.3) is 83.3 Å². The first-order valence-electron chi connectivity index (χ1n) is 27.6. The third kappa shape index (κ3) is 10.2. The number of aromatic nitrogens is 2. The zero-order valence-electron chi connectivity index (χ0n) is 46.6. The molecule has 0 saturated heterocycles. The molecule has 1 aliphatic rings. The molecular weight excluding hydrogens is 1170 g/mol. The van der Waals surface area contributed by atoms with Gasteiger partial charge in [-0.3, -0.25) is 0 Å². The molecule has 0 amide bonds. The fraction of sp³-hybridized carbons (Fsp3) is 0.120. The van der Waals surface area contributed by atoms with Crippen LogP contribution in [0.15, 0.2) is 237 Å². The van der Waals surface area contributed by atoms with Crippen LogP contribution in [0.3, 0.4) is 0 Å². The average Bonchev–Trinajstić information content (AvgIpc) is 4.06. The Morgan fingerprint density at radius 1 is 0.432 bits per heavy atom. The van der Waals surface area contributed by atoms with Crippen molar-refractivity contribution >= 4 is 44.6 Å². The van der Waals surface area contributed by atoms with Gasteiger partial charge in [0.25, 0.3) is 0 Å². The topological polar surface area (TPSA) is 33.5 Å². The predicted octanol–water partition coefficient (Wildman–Crippen LogP) is 20.2. The molecule has 0 saturated carbocycles. The first-order chi connectivity index (χ1) is 38.8. The van der Waals surface area contributed by atoms with E-state index < -0.39 is 0 Å². The molecule has 0 aliphatic carbocycles. The molecule has 2 aromatic heterocycles. The van der Waals surface area contributed by atoms with Gasteiger partial charge in [0.2, 0.25) is 0 Å². The normalized spacial score (nSPS) is 12.4. The van der Waals surface area contributed by atoms with Crippen molar-refractivity contribution < 1.29 is 25.8 Å². The molecule has 3 heterocycles. The SMILES string of the molecule is Cc1cc(-n2c3[c-]c(Oc4[c-]c(N5[CH-]N(c6c(-c7ccc(C(C)(C)C)cc7)cccc6-c6cccc(-c7ccccc7)c6)c6ccccc65)ccc4)ccc3c3cc(-c4ccc(C(C)(C)C)cc4)ccc32)ncc1-c1ccccc1.[Pt]. The minimum absolute atomic E-state index is 0. The molecule has 5 nitrogen and oxygen atoms in total. The van der Waals surface area contributed by atoms with Crippen molar-refractivity contribution in [3.05, 3.63) is 272 Å². The first kappa shape index (κ1) is 52.9. The Kier molecular flexibility index (Phi) is 14.0. The molecule has 0 bridgehead atoms. The summed E-state index contributed by atoms with van der Waals surface area (Å²) in [5.41, 5.74) is 21.2. The van der Waals surface area contributed by atoms with E-state index in [0.29, 0.717) is 11.5 Å². The van der Waals surface area contributed by atoms with Gasteiger partial charge in [0, 0.05) is 78.0 Å². The van der Waals surface area contributed by atoms with E-state index in [4.69, 9.17) is 9.72 Å². The van der Waals surface area contributed by atoms with Gasteiger partial charge in [-0.05, 0) is 109 Å². The third-order valence-corrected chi connectivity index (χ3v) is 15.6. The van der Waals surface area contributed by atoms with Crippen molar-refractivity contribution in [3.8, 4) is 73.0 Å². The number of aryl methyl sites for hydroxylation is 1. The number of rotatable bonds is 10. The minimum Gasteiger partial charge on any atom is -0.509 e. The second-order valence-corrected chi connectivity index (χ2v) is 23.0. The van der Waals surface area contributed by atoms with Crippen LogP contribution in [-0.2, 0) is 31.9 Å². The van der Waals surface area contributed by atoms with Crippen molar-refractivity contribution in [1.82, 2.24) is 9.55 Å². The van der Waals surface area contributed by atoms with Gasteiger partial charge in [0.1, 0.15) is 5.82 Å². The fourth-order valence-electron chi connectivity index (χ4n) is 11.3. The van der Waals surface area contributed by atoms with Crippen molar-refractivity contribution in [2.45, 2.75) is 59.3 Å². The van der Waals surface area contributed by atoms with Crippen LogP contribution < -0.4 is 14.5 Å². The van der Waals surface area contributed by atoms with E-state index in [1.807, 2.05) is 30.5 Å². The summed E-state index contributed by atoms with van der Waals surface area (Å²) in [7, 11) is 0. The molecule has 13 rings (SSSR count). The zero-order chi connectivity index (χ0) is 54.7. The summed E-state index contributed by atoms with van der Waals surface area (Å²) in [4.78, 5) is 9.71. The molecule has 12 aromatic rings. The molecule has 400 valence electrons. The Morgan fingerprint density at radius 3 is 1.64 bits per heavy atom. The van der Waals surface area contributed by atoms with E-state index in [9.17, 15) is 0 Å². The minimum atomic E-state index is 0. The van der Waals surface area contributed by atoms with Crippen LogP contribution in [0, 0.1) is 25.7 Å². The first-order valence-corrected chi connectivity index (χ1v) is 27.6. The summed E-state index contributed by atoms with van der Waals surface area (Å²) in [6.45, 7) is 17.9. The molecule has 1 aliphatic heterocycles. The smallest absolute Gasteiger partial charge is 0.135 e. The molecule has 0 spiro atoms. The largest absolute Gasteiger partial charge is 0.509 e. The molecule has 0 atom stereocenters. The Bertz CT molecular complexity index is 4270. The molecule has 0 N–H and O–H groups in total. The molecule has 0 fully saturated rings. The van der Waals surface area contributed by atoms with Gasteiger partial charge in [-0.25, -0.2) is 4.98 Å². The number of hydrogen-bond acceptors (Lipinski definition) is 4. The van der Waals surface area contributed by atoms with Gasteiger partial charge in [-0.1, -0.05) is 217 Å². The molecule has 0 radical (unpaired) electrons. The third-order valence-electron chi connectivity index (χ3n) is 15.6. The number of anilines is 4. The molecular formula is C75H61N4OPt-3. The number of pyridine rings is 1. The number of para-hydroxylation sites is 3. The van der Waals surface area contributed by atoms with Gasteiger partial charge in [0.15, 0.2) is 0 Å². The van der Waals surface area contributed by atoms with E-state index >= 15 is 0 Å². The Balaban J connectivity index is 0.00000651. The van der Waals surface area contributed by atoms with E-state index in [2.05, 4.69) is 288 Å². The van der Waals surface area contributed by atoms with Crippen LogP contribution in [0.1, 0.15) is 58.2 Å². The molecule has 10 aromatic carbocycles. The van der Waals surface area contributed by atoms with Gasteiger partial charge in [0.05, 0.1) is 0 Å². The Morgan fingerprint density at radius 2 is 0.963 bits per heavy atom. The zero-order valence-corrected chi connectivity index (χ0v) is 48.9. The van der Waals surface area contributed by atoms with E-state index in [1.54, 1.807) is 0 Å². The number of ether oxygens (including phenoxy) is 1. The van der Waals surface area contributed by atoms with Crippen molar-refractivity contribution in [3.63, 3.8) is 0 Å². The van der Waals surface area contributed by atoms with Crippen LogP contribution in [0.2, 0.25) is 0 Å². The summed E-state index contributed by atoms with van der Waals surface area (Å²) in [6, 6.07) is 89.9. The summed E-state index contributed by atoms with van der Waals surface area (Å²) in [6.07, 6.45) is 1.99.